The molecule has 0 fully saturated rings. The van der Waals surface area contributed by atoms with Crippen molar-refractivity contribution in [3.8, 4) is 0 Å². The van der Waals surface area contributed by atoms with Gasteiger partial charge in [0.25, 0.3) is 0 Å². The molecule has 0 rings (SSSR count). The van der Waals surface area contributed by atoms with E-state index in [0.717, 1.165) is 6.20 Å². The Bertz CT molecular complexity index is 203. The summed E-state index contributed by atoms with van der Waals surface area (Å²) in [7, 11) is -4.34. The third-order valence-electron chi connectivity index (χ3n) is 0.305. The van der Waals surface area contributed by atoms with E-state index in [1.807, 2.05) is 0 Å². The number of hydrogen-bond acceptors (Lipinski definition) is 3. The Morgan fingerprint density at radius 1 is 1.67 bits per heavy atom. The fourth-order valence-corrected chi connectivity index (χ4v) is 0.342. The molecule has 0 amide bonds. The van der Waals surface area contributed by atoms with Crippen LogP contribution in [0.25, 0.3) is 0 Å². The minimum atomic E-state index is -4.34. The van der Waals surface area contributed by atoms with E-state index in [1.165, 1.54) is 4.72 Å². The predicted molar refractivity (Wildman–Crippen MR) is 26.5 cm³/mol. The standard InChI is InChI=1S/C3H5NO3S.Li/c1-2-3-4-8(5,6)7;/h3-4H,1H2,(H,5,6,7);/q;+1/p-1. The van der Waals surface area contributed by atoms with E-state index in [0.29, 0.717) is 0 Å². The Morgan fingerprint density at radius 3 is 2.22 bits per heavy atom. The Hall–Kier alpha value is -0.173. The molecule has 0 aromatic heterocycles. The van der Waals surface area contributed by atoms with Crippen molar-refractivity contribution in [2.45, 2.75) is 0 Å². The van der Waals surface area contributed by atoms with Gasteiger partial charge in [0.2, 0.25) is 0 Å². The number of nitrogens with one attached hydrogen (secondary N) is 1. The molecule has 0 heterocycles. The first kappa shape index (κ1) is 11.6. The van der Waals surface area contributed by atoms with E-state index in [-0.39, 0.29) is 18.9 Å². The summed E-state index contributed by atoms with van der Waals surface area (Å²) in [5, 5.41) is 0. The third-order valence-corrected chi connectivity index (χ3v) is 0.712. The smallest absolute Gasteiger partial charge is 0.731 e. The van der Waals surface area contributed by atoms with E-state index in [4.69, 9.17) is 0 Å². The zero-order chi connectivity index (χ0) is 6.62. The largest absolute Gasteiger partial charge is 1.00 e. The van der Waals surface area contributed by atoms with Gasteiger partial charge in [0.05, 0.1) is 6.20 Å². The molecule has 46 valence electrons. The maximum absolute atomic E-state index is 9.62. The maximum atomic E-state index is 9.62. The zero-order valence-corrected chi connectivity index (χ0v) is 5.73. The molecular formula is C3H4LiNO3S. The van der Waals surface area contributed by atoms with E-state index in [9.17, 15) is 13.0 Å². The molecule has 0 radical (unpaired) electrons. The van der Waals surface area contributed by atoms with Crippen molar-refractivity contribution in [3.63, 3.8) is 0 Å². The van der Waals surface area contributed by atoms with E-state index in [2.05, 4.69) is 12.3 Å². The van der Waals surface area contributed by atoms with Gasteiger partial charge in [-0.25, -0.2) is 8.42 Å². The average Bonchev–Trinajstić information content (AvgIpc) is 1.59. The van der Waals surface area contributed by atoms with Crippen molar-refractivity contribution >= 4 is 10.3 Å². The van der Waals surface area contributed by atoms with E-state index < -0.39 is 10.3 Å². The maximum Gasteiger partial charge on any atom is 1.00 e. The Balaban J connectivity index is 0. The molecule has 0 unspecified atom stereocenters. The van der Waals surface area contributed by atoms with Crippen molar-refractivity contribution in [1.29, 1.82) is 0 Å². The van der Waals surface area contributed by atoms with Gasteiger partial charge in [-0.1, -0.05) is 6.58 Å². The van der Waals surface area contributed by atoms with Crippen molar-refractivity contribution in [1.82, 2.24) is 4.72 Å². The van der Waals surface area contributed by atoms with Crippen LogP contribution in [0.5, 0.6) is 0 Å². The fraction of sp³-hybridized carbons (Fsp3) is 0. The van der Waals surface area contributed by atoms with Crippen molar-refractivity contribution in [3.05, 3.63) is 18.5 Å². The molecule has 0 aromatic rings. The van der Waals surface area contributed by atoms with Crippen LogP contribution < -0.4 is 23.6 Å². The molecule has 0 spiro atoms. The topological polar surface area (TPSA) is 69.2 Å². The zero-order valence-electron chi connectivity index (χ0n) is 4.92. The predicted octanol–water partition coefficient (Wildman–Crippen LogP) is -3.66. The molecule has 0 bridgehead atoms. The minimum Gasteiger partial charge on any atom is -0.731 e. The van der Waals surface area contributed by atoms with Gasteiger partial charge in [0.15, 0.2) is 10.3 Å². The van der Waals surface area contributed by atoms with Crippen molar-refractivity contribution < 1.29 is 31.8 Å². The summed E-state index contributed by atoms with van der Waals surface area (Å²) in [6.07, 6.45) is 0.822. The van der Waals surface area contributed by atoms with Crippen LogP contribution in [0.15, 0.2) is 18.5 Å². The Kier molecular flexibility index (Phi) is 6.04. The normalized spacial score (nSPS) is 8.56. The first-order chi connectivity index (χ1) is 3.56. The molecule has 1 N–H and O–H groups in total. The van der Waals surface area contributed by atoms with Gasteiger partial charge >= 0.3 is 18.9 Å². The Morgan fingerprint density at radius 2 is 2.11 bits per heavy atom. The summed E-state index contributed by atoms with van der Waals surface area (Å²) in [6, 6.07) is 0. The summed E-state index contributed by atoms with van der Waals surface area (Å²) < 4.78 is 30.4. The van der Waals surface area contributed by atoms with Gasteiger partial charge < -0.3 is 4.55 Å². The van der Waals surface area contributed by atoms with Gasteiger partial charge in [-0.3, -0.25) is 4.72 Å². The van der Waals surface area contributed by atoms with Crippen LogP contribution in [0.3, 0.4) is 0 Å². The monoisotopic (exact) mass is 141 g/mol. The van der Waals surface area contributed by atoms with Gasteiger partial charge in [-0.15, -0.1) is 5.73 Å². The molecule has 0 aliphatic rings. The van der Waals surface area contributed by atoms with Crippen LogP contribution >= 0.6 is 0 Å². The van der Waals surface area contributed by atoms with Gasteiger partial charge in [-0.05, 0) is 0 Å². The summed E-state index contributed by atoms with van der Waals surface area (Å²) in [4.78, 5) is 0. The summed E-state index contributed by atoms with van der Waals surface area (Å²) in [5.41, 5.74) is 2.06. The molecule has 0 atom stereocenters. The van der Waals surface area contributed by atoms with E-state index >= 15 is 0 Å². The molecule has 6 heteroatoms. The third kappa shape index (κ3) is 11.4. The van der Waals surface area contributed by atoms with Gasteiger partial charge in [0.1, 0.15) is 0 Å². The molecular weight excluding hydrogens is 137 g/mol. The average molecular weight is 141 g/mol. The summed E-state index contributed by atoms with van der Waals surface area (Å²) in [5.74, 6) is 0. The van der Waals surface area contributed by atoms with Crippen molar-refractivity contribution in [2.75, 3.05) is 0 Å². The molecule has 0 saturated carbocycles. The molecule has 0 aliphatic heterocycles. The van der Waals surface area contributed by atoms with Crippen LogP contribution in [0, 0.1) is 0 Å². The van der Waals surface area contributed by atoms with Crippen LogP contribution in [0.4, 0.5) is 0 Å². The number of hydrogen-bond donors (Lipinski definition) is 1. The minimum absolute atomic E-state index is 0. The molecule has 9 heavy (non-hydrogen) atoms. The quantitative estimate of drug-likeness (QED) is 0.245. The molecule has 0 saturated heterocycles. The molecule has 0 aliphatic carbocycles. The second-order valence-electron chi connectivity index (χ2n) is 0.920. The SMILES string of the molecule is C=C=CNS(=O)(=O)[O-].[Li+]. The van der Waals surface area contributed by atoms with Gasteiger partial charge in [-0.2, -0.15) is 0 Å². The van der Waals surface area contributed by atoms with Crippen LogP contribution in [-0.2, 0) is 10.3 Å². The van der Waals surface area contributed by atoms with Crippen LogP contribution in [0.2, 0.25) is 0 Å². The van der Waals surface area contributed by atoms with E-state index in [1.54, 1.807) is 0 Å². The van der Waals surface area contributed by atoms with Gasteiger partial charge in [0, 0.05) is 0 Å². The van der Waals surface area contributed by atoms with Crippen LogP contribution in [-0.4, -0.2) is 13.0 Å². The van der Waals surface area contributed by atoms with Crippen LogP contribution in [0.1, 0.15) is 0 Å². The molecule has 4 nitrogen and oxygen atoms in total. The summed E-state index contributed by atoms with van der Waals surface area (Å²) in [6.45, 7) is 3.02. The summed E-state index contributed by atoms with van der Waals surface area (Å²) >= 11 is 0. The number of rotatable bonds is 2. The fourth-order valence-electron chi connectivity index (χ4n) is 0.114. The molecule has 0 aromatic carbocycles. The second kappa shape index (κ2) is 4.68. The second-order valence-corrected chi connectivity index (χ2v) is 2.06. The first-order valence-corrected chi connectivity index (χ1v) is 3.04. The first-order valence-electron chi connectivity index (χ1n) is 1.64. The Labute approximate surface area is 65.7 Å². The van der Waals surface area contributed by atoms with Crippen molar-refractivity contribution in [2.24, 2.45) is 0 Å².